The van der Waals surface area contributed by atoms with Crippen molar-refractivity contribution in [3.63, 3.8) is 0 Å². The third kappa shape index (κ3) is 4.86. The number of carbonyl (C=O) groups is 2. The molecule has 2 aliphatic rings. The number of hydrogen-bond donors (Lipinski definition) is 1. The van der Waals surface area contributed by atoms with E-state index in [4.69, 9.17) is 14.2 Å². The number of esters is 1. The zero-order valence-corrected chi connectivity index (χ0v) is 20.1. The summed E-state index contributed by atoms with van der Waals surface area (Å²) < 4.78 is 17.2. The van der Waals surface area contributed by atoms with E-state index in [1.807, 2.05) is 69.3 Å². The normalized spacial score (nSPS) is 19.8. The molecule has 1 aliphatic carbocycles. The number of nitrogens with one attached hydrogen (secondary N) is 1. The number of Topliss-reactive ketones (excluding diaryl/α,β-unsaturated/α-hetero) is 1. The number of methoxy groups -OCH3 is 1. The van der Waals surface area contributed by atoms with Crippen LogP contribution in [0.4, 0.5) is 0 Å². The van der Waals surface area contributed by atoms with Crippen LogP contribution in [-0.2, 0) is 20.9 Å². The lowest BCUT2D eigenvalue weighted by Crippen LogP contribution is -2.41. The van der Waals surface area contributed by atoms with Crippen molar-refractivity contribution >= 4 is 11.8 Å². The average Bonchev–Trinajstić information content (AvgIpc) is 2.82. The Kier molecular flexibility index (Phi) is 7.06. The summed E-state index contributed by atoms with van der Waals surface area (Å²) in [5, 5.41) is 3.29. The highest BCUT2D eigenvalue weighted by Gasteiger charge is 2.43. The molecule has 0 bridgehead atoms. The van der Waals surface area contributed by atoms with E-state index in [1.165, 1.54) is 0 Å². The topological polar surface area (TPSA) is 73.9 Å². The maximum absolute atomic E-state index is 13.2. The van der Waals surface area contributed by atoms with Crippen molar-refractivity contribution < 1.29 is 23.8 Å². The second kappa shape index (κ2) is 10.2. The van der Waals surface area contributed by atoms with Gasteiger partial charge in [-0.15, -0.1) is 0 Å². The molecule has 1 aliphatic heterocycles. The zero-order valence-electron chi connectivity index (χ0n) is 20.1. The van der Waals surface area contributed by atoms with Crippen LogP contribution in [0.2, 0.25) is 0 Å². The second-order valence-electron chi connectivity index (χ2n) is 8.92. The van der Waals surface area contributed by atoms with E-state index >= 15 is 0 Å². The van der Waals surface area contributed by atoms with Gasteiger partial charge in [-0.1, -0.05) is 42.5 Å². The first-order chi connectivity index (χ1) is 16.4. The van der Waals surface area contributed by atoms with Crippen LogP contribution in [0.3, 0.4) is 0 Å². The fraction of sp³-hybridized carbons (Fsp3) is 0.357. The summed E-state index contributed by atoms with van der Waals surface area (Å²) in [6.45, 7) is 5.90. The molecule has 0 aromatic heterocycles. The minimum absolute atomic E-state index is 0.112. The number of allylic oxidation sites excluding steroid dienone is 3. The maximum atomic E-state index is 13.2. The van der Waals surface area contributed by atoms with Gasteiger partial charge in [-0.3, -0.25) is 4.79 Å². The molecule has 1 N–H and O–H groups in total. The van der Waals surface area contributed by atoms with Gasteiger partial charge in [0, 0.05) is 23.7 Å². The summed E-state index contributed by atoms with van der Waals surface area (Å²) in [4.78, 5) is 26.2. The van der Waals surface area contributed by atoms with Gasteiger partial charge in [0.25, 0.3) is 0 Å². The lowest BCUT2D eigenvalue weighted by atomic mass is 9.71. The van der Waals surface area contributed by atoms with Crippen LogP contribution in [0.25, 0.3) is 0 Å². The number of benzene rings is 2. The summed E-state index contributed by atoms with van der Waals surface area (Å²) in [6, 6.07) is 15.5. The third-order valence-corrected chi connectivity index (χ3v) is 6.16. The van der Waals surface area contributed by atoms with Crippen LogP contribution < -0.4 is 14.8 Å². The number of ketones is 1. The van der Waals surface area contributed by atoms with Crippen molar-refractivity contribution in [3.8, 4) is 11.5 Å². The molecule has 4 rings (SSSR count). The molecular weight excluding hydrogens is 430 g/mol. The Labute approximate surface area is 200 Å². The van der Waals surface area contributed by atoms with E-state index in [1.54, 1.807) is 7.11 Å². The number of hydrogen-bond acceptors (Lipinski definition) is 6. The van der Waals surface area contributed by atoms with Crippen LogP contribution in [-0.4, -0.2) is 25.0 Å². The molecule has 34 heavy (non-hydrogen) atoms. The van der Waals surface area contributed by atoms with Crippen molar-refractivity contribution in [3.05, 3.63) is 82.7 Å². The Balaban J connectivity index is 1.73. The quantitative estimate of drug-likeness (QED) is 0.582. The summed E-state index contributed by atoms with van der Waals surface area (Å²) in [7, 11) is 1.59. The predicted octanol–water partition coefficient (Wildman–Crippen LogP) is 5.05. The molecular formula is C28H31NO5. The molecule has 0 fully saturated rings. The van der Waals surface area contributed by atoms with E-state index in [0.717, 1.165) is 16.8 Å². The highest BCUT2D eigenvalue weighted by atomic mass is 16.5. The molecule has 6 heteroatoms. The smallest absolute Gasteiger partial charge is 0.336 e. The Morgan fingerprint density at radius 2 is 1.85 bits per heavy atom. The largest absolute Gasteiger partial charge is 0.493 e. The van der Waals surface area contributed by atoms with E-state index in [-0.39, 0.29) is 11.9 Å². The first-order valence-electron chi connectivity index (χ1n) is 11.6. The molecule has 2 atom stereocenters. The van der Waals surface area contributed by atoms with Gasteiger partial charge in [-0.2, -0.15) is 0 Å². The Morgan fingerprint density at radius 1 is 1.09 bits per heavy atom. The molecule has 1 heterocycles. The predicted molar refractivity (Wildman–Crippen MR) is 129 cm³/mol. The van der Waals surface area contributed by atoms with Gasteiger partial charge in [-0.05, 0) is 50.5 Å². The molecule has 2 unspecified atom stereocenters. The van der Waals surface area contributed by atoms with Crippen molar-refractivity contribution in [1.82, 2.24) is 5.32 Å². The summed E-state index contributed by atoms with van der Waals surface area (Å²) in [5.41, 5.74) is 3.89. The fourth-order valence-corrected chi connectivity index (χ4v) is 4.65. The molecule has 0 amide bonds. The van der Waals surface area contributed by atoms with Crippen molar-refractivity contribution in [2.45, 2.75) is 52.2 Å². The Hall–Kier alpha value is -3.54. The van der Waals surface area contributed by atoms with Gasteiger partial charge in [0.1, 0.15) is 12.4 Å². The van der Waals surface area contributed by atoms with Gasteiger partial charge in [0.15, 0.2) is 11.5 Å². The van der Waals surface area contributed by atoms with Crippen LogP contribution in [0.15, 0.2) is 71.6 Å². The maximum Gasteiger partial charge on any atom is 0.336 e. The first-order valence-corrected chi connectivity index (χ1v) is 11.6. The van der Waals surface area contributed by atoms with E-state index in [9.17, 15) is 9.59 Å². The highest BCUT2D eigenvalue weighted by Crippen LogP contribution is 2.45. The number of rotatable bonds is 7. The molecule has 0 saturated carbocycles. The van der Waals surface area contributed by atoms with E-state index in [2.05, 4.69) is 11.4 Å². The van der Waals surface area contributed by atoms with Gasteiger partial charge < -0.3 is 19.5 Å². The third-order valence-electron chi connectivity index (χ3n) is 6.16. The van der Waals surface area contributed by atoms with Crippen LogP contribution in [0, 0.1) is 5.92 Å². The fourth-order valence-electron chi connectivity index (χ4n) is 4.65. The van der Waals surface area contributed by atoms with Crippen LogP contribution in [0.1, 0.15) is 50.7 Å². The second-order valence-corrected chi connectivity index (χ2v) is 8.92. The lowest BCUT2D eigenvalue weighted by Gasteiger charge is -2.38. The zero-order chi connectivity index (χ0) is 24.2. The number of ether oxygens (including phenoxy) is 3. The summed E-state index contributed by atoms with van der Waals surface area (Å²) in [6.07, 6.45) is 2.93. The molecule has 2 aromatic carbocycles. The monoisotopic (exact) mass is 461 g/mol. The molecule has 0 spiro atoms. The van der Waals surface area contributed by atoms with E-state index < -0.39 is 17.8 Å². The molecule has 178 valence electrons. The summed E-state index contributed by atoms with van der Waals surface area (Å²) >= 11 is 0. The van der Waals surface area contributed by atoms with Gasteiger partial charge in [-0.25, -0.2) is 4.79 Å². The van der Waals surface area contributed by atoms with Gasteiger partial charge >= 0.3 is 5.97 Å². The van der Waals surface area contributed by atoms with Crippen LogP contribution >= 0.6 is 0 Å². The number of fused-ring (bicyclic) bond motifs is 1. The summed E-state index contributed by atoms with van der Waals surface area (Å²) in [5.74, 6) is -0.0835. The molecule has 0 saturated heterocycles. The average molecular weight is 462 g/mol. The SMILES string of the molecule is COc1cc(C2C(C(=O)OC(C)C)=C(C)NC3=CCCC(=O)C32)ccc1OCc1ccccc1. The molecule has 0 radical (unpaired) electrons. The minimum Gasteiger partial charge on any atom is -0.493 e. The minimum atomic E-state index is -0.469. The first kappa shape index (κ1) is 23.6. The van der Waals surface area contributed by atoms with E-state index in [0.29, 0.717) is 42.2 Å². The number of carbonyl (C=O) groups excluding carboxylic acids is 2. The highest BCUT2D eigenvalue weighted by molar-refractivity contribution is 5.96. The Bertz CT molecular complexity index is 1130. The Morgan fingerprint density at radius 3 is 2.56 bits per heavy atom. The standard InChI is InChI=1S/C28H31NO5/c1-17(2)34-28(31)25-18(3)29-21-11-8-12-22(30)27(21)26(25)20-13-14-23(24(15-20)32-4)33-16-19-9-6-5-7-10-19/h5-7,9-11,13-15,17,26-27,29H,8,12,16H2,1-4H3. The van der Waals surface area contributed by atoms with Gasteiger partial charge in [0.2, 0.25) is 0 Å². The molecule has 2 aromatic rings. The lowest BCUT2D eigenvalue weighted by molar-refractivity contribution is -0.143. The van der Waals surface area contributed by atoms with Crippen LogP contribution in [0.5, 0.6) is 11.5 Å². The van der Waals surface area contributed by atoms with Crippen molar-refractivity contribution in [2.75, 3.05) is 7.11 Å². The van der Waals surface area contributed by atoms with Gasteiger partial charge in [0.05, 0.1) is 24.7 Å². The molecule has 6 nitrogen and oxygen atoms in total. The van der Waals surface area contributed by atoms with Crippen molar-refractivity contribution in [1.29, 1.82) is 0 Å². The van der Waals surface area contributed by atoms with Crippen molar-refractivity contribution in [2.24, 2.45) is 5.92 Å².